The lowest BCUT2D eigenvalue weighted by molar-refractivity contribution is -0.117. The van der Waals surface area contributed by atoms with E-state index in [0.717, 1.165) is 18.4 Å². The molecule has 0 aromatic heterocycles. The van der Waals surface area contributed by atoms with Gasteiger partial charge in [0.25, 0.3) is 0 Å². The highest BCUT2D eigenvalue weighted by atomic mass is 35.5. The number of benzene rings is 1. The molecule has 0 saturated heterocycles. The summed E-state index contributed by atoms with van der Waals surface area (Å²) in [4.78, 5) is 11.3. The van der Waals surface area contributed by atoms with Crippen molar-refractivity contribution in [3.8, 4) is 0 Å². The molecule has 0 heterocycles. The molecular weight excluding hydrogens is 227 g/mol. The maximum atomic E-state index is 13.3. The van der Waals surface area contributed by atoms with Crippen molar-refractivity contribution in [2.24, 2.45) is 5.41 Å². The third-order valence-electron chi connectivity index (χ3n) is 3.25. The second-order valence-corrected chi connectivity index (χ2v) is 5.36. The summed E-state index contributed by atoms with van der Waals surface area (Å²) in [5.41, 5.74) is 0.913. The van der Waals surface area contributed by atoms with Gasteiger partial charge in [0.2, 0.25) is 0 Å². The third-order valence-corrected chi connectivity index (χ3v) is 3.55. The number of halogens is 2. The Balaban J connectivity index is 2.14. The zero-order valence-corrected chi connectivity index (χ0v) is 9.98. The maximum absolute atomic E-state index is 13.3. The minimum Gasteiger partial charge on any atom is -0.300 e. The van der Waals surface area contributed by atoms with Gasteiger partial charge in [0.1, 0.15) is 11.6 Å². The Hall–Kier alpha value is -0.890. The Labute approximate surface area is 99.6 Å². The minimum absolute atomic E-state index is 0.00263. The van der Waals surface area contributed by atoms with E-state index in [9.17, 15) is 9.18 Å². The Morgan fingerprint density at radius 3 is 2.81 bits per heavy atom. The first-order valence-corrected chi connectivity index (χ1v) is 5.82. The fourth-order valence-corrected chi connectivity index (χ4v) is 2.50. The van der Waals surface area contributed by atoms with Gasteiger partial charge in [-0.15, -0.1) is 0 Å². The molecule has 0 spiro atoms. The van der Waals surface area contributed by atoms with Crippen LogP contribution < -0.4 is 0 Å². The zero-order chi connectivity index (χ0) is 11.8. The second-order valence-electron chi connectivity index (χ2n) is 4.95. The first-order valence-electron chi connectivity index (χ1n) is 5.44. The van der Waals surface area contributed by atoms with E-state index in [-0.39, 0.29) is 16.3 Å². The summed E-state index contributed by atoms with van der Waals surface area (Å²) in [5, 5.41) is 0.149. The molecule has 16 heavy (non-hydrogen) atoms. The van der Waals surface area contributed by atoms with Crippen LogP contribution in [0.4, 0.5) is 4.39 Å². The number of ketones is 1. The summed E-state index contributed by atoms with van der Waals surface area (Å²) in [6.07, 6.45) is 2.91. The fourth-order valence-electron chi connectivity index (χ4n) is 2.39. The van der Waals surface area contributed by atoms with Crippen LogP contribution >= 0.6 is 11.6 Å². The van der Waals surface area contributed by atoms with Crippen LogP contribution in [0.25, 0.3) is 0 Å². The number of hydrogen-bond donors (Lipinski definition) is 0. The van der Waals surface area contributed by atoms with Crippen molar-refractivity contribution in [2.45, 2.75) is 32.6 Å². The minimum atomic E-state index is -0.382. The van der Waals surface area contributed by atoms with Crippen LogP contribution in [0.3, 0.4) is 0 Å². The molecule has 1 nitrogen and oxygen atoms in total. The molecule has 86 valence electrons. The largest absolute Gasteiger partial charge is 0.300 e. The van der Waals surface area contributed by atoms with Gasteiger partial charge in [0.05, 0.1) is 5.02 Å². The molecule has 0 N–H and O–H groups in total. The van der Waals surface area contributed by atoms with Crippen LogP contribution in [0, 0.1) is 11.2 Å². The van der Waals surface area contributed by atoms with Crippen molar-refractivity contribution in [3.05, 3.63) is 34.6 Å². The average molecular weight is 241 g/mol. The number of carbonyl (C=O) groups is 1. The Morgan fingerprint density at radius 2 is 2.25 bits per heavy atom. The highest BCUT2D eigenvalue weighted by molar-refractivity contribution is 6.30. The van der Waals surface area contributed by atoms with Gasteiger partial charge < -0.3 is 0 Å². The van der Waals surface area contributed by atoms with Crippen molar-refractivity contribution in [1.29, 1.82) is 0 Å². The molecule has 1 aromatic rings. The quantitative estimate of drug-likeness (QED) is 0.769. The SMILES string of the molecule is CC1(Cc2ccc(Cl)c(F)c2)CCC(=O)C1. The van der Waals surface area contributed by atoms with E-state index in [1.165, 1.54) is 6.07 Å². The van der Waals surface area contributed by atoms with Gasteiger partial charge in [-0.25, -0.2) is 4.39 Å². The van der Waals surface area contributed by atoms with Crippen LogP contribution in [0.5, 0.6) is 0 Å². The van der Waals surface area contributed by atoms with E-state index < -0.39 is 0 Å². The lowest BCUT2D eigenvalue weighted by Crippen LogP contribution is -2.15. The molecule has 1 fully saturated rings. The van der Waals surface area contributed by atoms with Gasteiger partial charge in [-0.05, 0) is 36.0 Å². The molecule has 1 aliphatic carbocycles. The molecule has 1 unspecified atom stereocenters. The van der Waals surface area contributed by atoms with Gasteiger partial charge in [0.15, 0.2) is 0 Å². The average Bonchev–Trinajstić information content (AvgIpc) is 2.52. The molecule has 0 aliphatic heterocycles. The highest BCUT2D eigenvalue weighted by Crippen LogP contribution is 2.38. The van der Waals surface area contributed by atoms with E-state index in [4.69, 9.17) is 11.6 Å². The number of carbonyl (C=O) groups excluding carboxylic acids is 1. The summed E-state index contributed by atoms with van der Waals surface area (Å²) in [7, 11) is 0. The molecule has 1 aromatic carbocycles. The monoisotopic (exact) mass is 240 g/mol. The number of hydrogen-bond acceptors (Lipinski definition) is 1. The molecule has 2 rings (SSSR count). The number of Topliss-reactive ketones (excluding diaryl/α,β-unsaturated/α-hetero) is 1. The lowest BCUT2D eigenvalue weighted by atomic mass is 9.82. The molecule has 0 radical (unpaired) electrons. The predicted molar refractivity (Wildman–Crippen MR) is 62.1 cm³/mol. The molecular formula is C13H14ClFO. The Kier molecular flexibility index (Phi) is 3.02. The Morgan fingerprint density at radius 1 is 1.50 bits per heavy atom. The van der Waals surface area contributed by atoms with Crippen LogP contribution in [-0.4, -0.2) is 5.78 Å². The first kappa shape index (κ1) is 11.6. The van der Waals surface area contributed by atoms with Gasteiger partial charge in [-0.3, -0.25) is 4.79 Å². The second kappa shape index (κ2) is 4.17. The van der Waals surface area contributed by atoms with Gasteiger partial charge in [-0.1, -0.05) is 24.6 Å². The van der Waals surface area contributed by atoms with E-state index >= 15 is 0 Å². The normalized spacial score (nSPS) is 25.1. The highest BCUT2D eigenvalue weighted by Gasteiger charge is 2.33. The molecule has 1 atom stereocenters. The van der Waals surface area contributed by atoms with Gasteiger partial charge in [-0.2, -0.15) is 0 Å². The maximum Gasteiger partial charge on any atom is 0.142 e. The van der Waals surface area contributed by atoms with Crippen molar-refractivity contribution in [3.63, 3.8) is 0 Å². The van der Waals surface area contributed by atoms with E-state index in [1.807, 2.05) is 6.07 Å². The number of rotatable bonds is 2. The van der Waals surface area contributed by atoms with Crippen LogP contribution in [0.15, 0.2) is 18.2 Å². The topological polar surface area (TPSA) is 17.1 Å². The van der Waals surface area contributed by atoms with Gasteiger partial charge >= 0.3 is 0 Å². The van der Waals surface area contributed by atoms with Crippen LogP contribution in [-0.2, 0) is 11.2 Å². The van der Waals surface area contributed by atoms with Crippen molar-refractivity contribution in [2.75, 3.05) is 0 Å². The summed E-state index contributed by atoms with van der Waals surface area (Å²) in [6, 6.07) is 4.88. The zero-order valence-electron chi connectivity index (χ0n) is 9.22. The van der Waals surface area contributed by atoms with E-state index in [2.05, 4.69) is 6.92 Å². The van der Waals surface area contributed by atoms with Crippen molar-refractivity contribution < 1.29 is 9.18 Å². The van der Waals surface area contributed by atoms with E-state index in [1.54, 1.807) is 6.07 Å². The van der Waals surface area contributed by atoms with Crippen LogP contribution in [0.2, 0.25) is 5.02 Å². The molecule has 0 amide bonds. The summed E-state index contributed by atoms with van der Waals surface area (Å²) in [5.74, 6) is -0.0657. The summed E-state index contributed by atoms with van der Waals surface area (Å²) in [6.45, 7) is 2.09. The smallest absolute Gasteiger partial charge is 0.142 e. The first-order chi connectivity index (χ1) is 7.48. The van der Waals surface area contributed by atoms with Gasteiger partial charge in [0, 0.05) is 12.8 Å². The summed E-state index contributed by atoms with van der Waals surface area (Å²) >= 11 is 5.63. The third kappa shape index (κ3) is 2.43. The summed E-state index contributed by atoms with van der Waals surface area (Å²) < 4.78 is 13.3. The van der Waals surface area contributed by atoms with Crippen molar-refractivity contribution in [1.82, 2.24) is 0 Å². The lowest BCUT2D eigenvalue weighted by Gasteiger charge is -2.22. The van der Waals surface area contributed by atoms with Crippen LogP contribution in [0.1, 0.15) is 31.7 Å². The predicted octanol–water partition coefficient (Wildman–Crippen LogP) is 3.78. The fraction of sp³-hybridized carbons (Fsp3) is 0.462. The van der Waals surface area contributed by atoms with E-state index in [0.29, 0.717) is 18.6 Å². The molecule has 3 heteroatoms. The molecule has 0 bridgehead atoms. The molecule has 1 aliphatic rings. The standard InChI is InChI=1S/C13H14ClFO/c1-13(5-4-10(16)8-13)7-9-2-3-11(14)12(15)6-9/h2-3,6H,4-5,7-8H2,1H3. The Bertz CT molecular complexity index is 430. The molecule has 1 saturated carbocycles. The van der Waals surface area contributed by atoms with Crippen molar-refractivity contribution >= 4 is 17.4 Å².